The molecule has 2 N–H and O–H groups in total. The lowest BCUT2D eigenvalue weighted by Crippen LogP contribution is -2.23. The maximum Gasteiger partial charge on any atom is 0.286 e. The van der Waals surface area contributed by atoms with Crippen LogP contribution in [0.3, 0.4) is 0 Å². The standard InChI is InChI=1S/C18H18N4O4S2/c1-12-4-3-5-15(10-12)28(24,25)19-11-16-21-22-18(27-16)17(23)20-13-6-8-14(26-2)9-7-13/h3-10,19H,11H2,1-2H3,(H,20,23). The van der Waals surface area contributed by atoms with Crippen molar-refractivity contribution in [1.29, 1.82) is 0 Å². The SMILES string of the molecule is COc1ccc(NC(=O)c2nnc(CNS(=O)(=O)c3cccc(C)c3)s2)cc1. The highest BCUT2D eigenvalue weighted by Gasteiger charge is 2.17. The van der Waals surface area contributed by atoms with E-state index in [9.17, 15) is 13.2 Å². The predicted molar refractivity (Wildman–Crippen MR) is 106 cm³/mol. The molecule has 1 heterocycles. The summed E-state index contributed by atoms with van der Waals surface area (Å²) in [7, 11) is -2.11. The minimum absolute atomic E-state index is 0.0518. The number of anilines is 1. The van der Waals surface area contributed by atoms with Crippen LogP contribution < -0.4 is 14.8 Å². The number of amides is 1. The van der Waals surface area contributed by atoms with E-state index >= 15 is 0 Å². The number of benzene rings is 2. The maximum absolute atomic E-state index is 12.3. The second-order valence-corrected chi connectivity index (χ2v) is 8.65. The molecule has 1 amide bonds. The quantitative estimate of drug-likeness (QED) is 0.610. The van der Waals surface area contributed by atoms with Gasteiger partial charge in [0.1, 0.15) is 10.8 Å². The van der Waals surface area contributed by atoms with E-state index in [2.05, 4.69) is 20.2 Å². The molecule has 2 aromatic carbocycles. The highest BCUT2D eigenvalue weighted by atomic mass is 32.2. The molecule has 0 atom stereocenters. The zero-order valence-electron chi connectivity index (χ0n) is 15.2. The molecule has 1 aromatic heterocycles. The van der Waals surface area contributed by atoms with Gasteiger partial charge in [-0.15, -0.1) is 10.2 Å². The van der Waals surface area contributed by atoms with Crippen LogP contribution in [0.25, 0.3) is 0 Å². The molecular formula is C18H18N4O4S2. The molecule has 10 heteroatoms. The predicted octanol–water partition coefficient (Wildman–Crippen LogP) is 2.59. The van der Waals surface area contributed by atoms with E-state index in [1.807, 2.05) is 13.0 Å². The van der Waals surface area contributed by atoms with Crippen molar-refractivity contribution in [3.63, 3.8) is 0 Å². The van der Waals surface area contributed by atoms with E-state index < -0.39 is 15.9 Å². The van der Waals surface area contributed by atoms with Crippen LogP contribution in [0.15, 0.2) is 53.4 Å². The van der Waals surface area contributed by atoms with Gasteiger partial charge in [-0.1, -0.05) is 23.5 Å². The normalized spacial score (nSPS) is 11.2. The van der Waals surface area contributed by atoms with Gasteiger partial charge in [-0.2, -0.15) is 0 Å². The van der Waals surface area contributed by atoms with E-state index in [4.69, 9.17) is 4.74 Å². The van der Waals surface area contributed by atoms with Gasteiger partial charge in [0.2, 0.25) is 15.0 Å². The maximum atomic E-state index is 12.3. The van der Waals surface area contributed by atoms with Crippen LogP contribution in [0.1, 0.15) is 20.4 Å². The van der Waals surface area contributed by atoms with Crippen molar-refractivity contribution in [1.82, 2.24) is 14.9 Å². The van der Waals surface area contributed by atoms with Crippen molar-refractivity contribution in [3.8, 4) is 5.75 Å². The number of hydrogen-bond acceptors (Lipinski definition) is 7. The molecule has 8 nitrogen and oxygen atoms in total. The molecule has 3 rings (SSSR count). The summed E-state index contributed by atoms with van der Waals surface area (Å²) in [5.74, 6) is 0.257. The van der Waals surface area contributed by atoms with Crippen molar-refractivity contribution in [2.24, 2.45) is 0 Å². The van der Waals surface area contributed by atoms with Gasteiger partial charge in [-0.3, -0.25) is 4.79 Å². The van der Waals surface area contributed by atoms with Crippen molar-refractivity contribution < 1.29 is 17.9 Å². The third-order valence-corrected chi connectivity index (χ3v) is 6.04. The van der Waals surface area contributed by atoms with Crippen LogP contribution >= 0.6 is 11.3 Å². The Labute approximate surface area is 166 Å². The van der Waals surface area contributed by atoms with Crippen LogP contribution in [0.5, 0.6) is 5.75 Å². The first kappa shape index (κ1) is 19.9. The van der Waals surface area contributed by atoms with E-state index in [1.54, 1.807) is 43.5 Å². The van der Waals surface area contributed by atoms with Gasteiger partial charge in [0.15, 0.2) is 0 Å². The number of sulfonamides is 1. The van der Waals surface area contributed by atoms with Gasteiger partial charge in [0.05, 0.1) is 18.6 Å². The zero-order chi connectivity index (χ0) is 20.1. The number of nitrogens with zero attached hydrogens (tertiary/aromatic N) is 2. The molecule has 0 unspecified atom stereocenters. The summed E-state index contributed by atoms with van der Waals surface area (Å²) in [6, 6.07) is 13.4. The van der Waals surface area contributed by atoms with Gasteiger partial charge >= 0.3 is 0 Å². The van der Waals surface area contributed by atoms with Gasteiger partial charge in [-0.25, -0.2) is 13.1 Å². The molecule has 0 bridgehead atoms. The average Bonchev–Trinajstić information content (AvgIpc) is 3.16. The fraction of sp³-hybridized carbons (Fsp3) is 0.167. The molecule has 0 fully saturated rings. The first-order chi connectivity index (χ1) is 13.4. The minimum Gasteiger partial charge on any atom is -0.497 e. The van der Waals surface area contributed by atoms with Crippen molar-refractivity contribution in [3.05, 3.63) is 64.1 Å². The fourth-order valence-corrected chi connectivity index (χ4v) is 4.16. The number of aromatic nitrogens is 2. The molecule has 3 aromatic rings. The Bertz CT molecular complexity index is 1080. The van der Waals surface area contributed by atoms with E-state index in [-0.39, 0.29) is 16.4 Å². The summed E-state index contributed by atoms with van der Waals surface area (Å²) in [6.07, 6.45) is 0. The van der Waals surface area contributed by atoms with Crippen LogP contribution in [0.2, 0.25) is 0 Å². The highest BCUT2D eigenvalue weighted by Crippen LogP contribution is 2.18. The van der Waals surface area contributed by atoms with Gasteiger partial charge < -0.3 is 10.1 Å². The lowest BCUT2D eigenvalue weighted by molar-refractivity contribution is 0.102. The van der Waals surface area contributed by atoms with Gasteiger partial charge in [0.25, 0.3) is 5.91 Å². The Balaban J connectivity index is 1.62. The third-order valence-electron chi connectivity index (χ3n) is 3.72. The number of nitrogens with one attached hydrogen (secondary N) is 2. The number of methoxy groups -OCH3 is 1. The van der Waals surface area contributed by atoms with Crippen LogP contribution in [-0.4, -0.2) is 31.6 Å². The van der Waals surface area contributed by atoms with Crippen molar-refractivity contribution in [2.45, 2.75) is 18.4 Å². The molecule has 146 valence electrons. The molecule has 0 aliphatic carbocycles. The zero-order valence-corrected chi connectivity index (χ0v) is 16.8. The molecule has 0 aliphatic heterocycles. The number of hydrogen-bond donors (Lipinski definition) is 2. The first-order valence-electron chi connectivity index (χ1n) is 8.21. The third kappa shape index (κ3) is 4.91. The number of aryl methyl sites for hydroxylation is 1. The average molecular weight is 419 g/mol. The molecular weight excluding hydrogens is 400 g/mol. The van der Waals surface area contributed by atoms with Gasteiger partial charge in [-0.05, 0) is 48.9 Å². The highest BCUT2D eigenvalue weighted by molar-refractivity contribution is 7.89. The summed E-state index contributed by atoms with van der Waals surface area (Å²) in [4.78, 5) is 12.4. The first-order valence-corrected chi connectivity index (χ1v) is 10.5. The lowest BCUT2D eigenvalue weighted by atomic mass is 10.2. The smallest absolute Gasteiger partial charge is 0.286 e. The Morgan fingerprint density at radius 3 is 2.57 bits per heavy atom. The number of rotatable bonds is 7. The fourth-order valence-electron chi connectivity index (χ4n) is 2.30. The Hall–Kier alpha value is -2.82. The summed E-state index contributed by atoms with van der Waals surface area (Å²) in [6.45, 7) is 1.77. The number of ether oxygens (including phenoxy) is 1. The molecule has 0 radical (unpaired) electrons. The summed E-state index contributed by atoms with van der Waals surface area (Å²) in [5, 5.41) is 10.9. The molecule has 0 saturated heterocycles. The molecule has 28 heavy (non-hydrogen) atoms. The molecule has 0 spiro atoms. The van der Waals surface area contributed by atoms with E-state index in [0.717, 1.165) is 16.9 Å². The second kappa shape index (κ2) is 8.46. The minimum atomic E-state index is -3.67. The van der Waals surface area contributed by atoms with Crippen molar-refractivity contribution >= 4 is 33.0 Å². The van der Waals surface area contributed by atoms with Crippen LogP contribution in [-0.2, 0) is 16.6 Å². The Morgan fingerprint density at radius 1 is 1.14 bits per heavy atom. The Morgan fingerprint density at radius 2 is 1.89 bits per heavy atom. The molecule has 0 saturated carbocycles. The van der Waals surface area contributed by atoms with Crippen LogP contribution in [0.4, 0.5) is 5.69 Å². The lowest BCUT2D eigenvalue weighted by Gasteiger charge is -2.05. The number of carbonyl (C=O) groups excluding carboxylic acids is 1. The summed E-state index contributed by atoms with van der Waals surface area (Å²) >= 11 is 1.02. The van der Waals surface area contributed by atoms with E-state index in [1.165, 1.54) is 6.07 Å². The van der Waals surface area contributed by atoms with E-state index in [0.29, 0.717) is 16.4 Å². The Kier molecular flexibility index (Phi) is 6.02. The van der Waals surface area contributed by atoms with Crippen LogP contribution in [0, 0.1) is 6.92 Å². The number of carbonyl (C=O) groups is 1. The summed E-state index contributed by atoms with van der Waals surface area (Å²) in [5.41, 5.74) is 1.43. The second-order valence-electron chi connectivity index (χ2n) is 5.82. The topological polar surface area (TPSA) is 110 Å². The monoisotopic (exact) mass is 418 g/mol. The largest absolute Gasteiger partial charge is 0.497 e. The van der Waals surface area contributed by atoms with Gasteiger partial charge in [0, 0.05) is 5.69 Å². The van der Waals surface area contributed by atoms with Crippen molar-refractivity contribution in [2.75, 3.05) is 12.4 Å². The molecule has 0 aliphatic rings. The summed E-state index contributed by atoms with van der Waals surface area (Å²) < 4.78 is 32.2.